The first-order chi connectivity index (χ1) is 6.53. The molecule has 1 heterocycles. The molecule has 0 bridgehead atoms. The van der Waals surface area contributed by atoms with E-state index >= 15 is 0 Å². The third-order valence-corrected chi connectivity index (χ3v) is 2.40. The van der Waals surface area contributed by atoms with Gasteiger partial charge in [-0.3, -0.25) is 0 Å². The fourth-order valence-electron chi connectivity index (χ4n) is 1.07. The van der Waals surface area contributed by atoms with Crippen molar-refractivity contribution in [2.45, 2.75) is 18.7 Å². The molecule has 14 heavy (non-hydrogen) atoms. The molecular formula is C8H10F3NOS. The Morgan fingerprint density at radius 1 is 1.43 bits per heavy atom. The van der Waals surface area contributed by atoms with Crippen molar-refractivity contribution in [2.24, 2.45) is 0 Å². The van der Waals surface area contributed by atoms with Crippen LogP contribution in [0, 0.1) is 0 Å². The van der Waals surface area contributed by atoms with E-state index in [1.807, 2.05) is 0 Å². The minimum atomic E-state index is -4.17. The summed E-state index contributed by atoms with van der Waals surface area (Å²) in [7, 11) is 0. The van der Waals surface area contributed by atoms with Crippen molar-refractivity contribution in [3.05, 3.63) is 24.0 Å². The highest BCUT2D eigenvalue weighted by Crippen LogP contribution is 2.30. The van der Waals surface area contributed by atoms with E-state index in [0.717, 1.165) is 0 Å². The fraction of sp³-hybridized carbons (Fsp3) is 0.500. The van der Waals surface area contributed by atoms with Crippen LogP contribution >= 0.6 is 11.8 Å². The molecule has 0 fully saturated rings. The number of aliphatic hydroxyl groups is 1. The van der Waals surface area contributed by atoms with Crippen LogP contribution in [0.25, 0.3) is 0 Å². The second-order valence-electron chi connectivity index (χ2n) is 2.65. The molecular weight excluding hydrogens is 215 g/mol. The summed E-state index contributed by atoms with van der Waals surface area (Å²) >= 11 is -0.0515. The number of aromatic nitrogens is 1. The van der Waals surface area contributed by atoms with Gasteiger partial charge in [0.15, 0.2) is 0 Å². The van der Waals surface area contributed by atoms with Crippen molar-refractivity contribution < 1.29 is 18.3 Å². The molecule has 0 aromatic carbocycles. The third-order valence-electron chi connectivity index (χ3n) is 1.68. The number of aryl methyl sites for hydroxylation is 1. The van der Waals surface area contributed by atoms with E-state index < -0.39 is 5.51 Å². The smallest absolute Gasteiger partial charge is 0.390 e. The Kier molecular flexibility index (Phi) is 3.88. The Morgan fingerprint density at radius 2 is 2.14 bits per heavy atom. The Labute approximate surface area is 83.7 Å². The first-order valence-electron chi connectivity index (χ1n) is 3.98. The molecule has 0 amide bonds. The summed E-state index contributed by atoms with van der Waals surface area (Å²) in [5.41, 5.74) is -3.54. The van der Waals surface area contributed by atoms with Crippen LogP contribution in [0.3, 0.4) is 0 Å². The molecule has 1 N–H and O–H groups in total. The lowest BCUT2D eigenvalue weighted by Gasteiger charge is -2.08. The summed E-state index contributed by atoms with van der Waals surface area (Å²) in [6, 6.07) is 3.38. The van der Waals surface area contributed by atoms with Crippen LogP contribution in [0.5, 0.6) is 0 Å². The van der Waals surface area contributed by atoms with E-state index in [1.165, 1.54) is 0 Å². The molecule has 6 heteroatoms. The molecule has 1 rings (SSSR count). The van der Waals surface area contributed by atoms with Crippen LogP contribution < -0.4 is 0 Å². The molecule has 0 saturated heterocycles. The van der Waals surface area contributed by atoms with Gasteiger partial charge in [-0.25, -0.2) is 0 Å². The highest BCUT2D eigenvalue weighted by atomic mass is 32.2. The summed E-state index contributed by atoms with van der Waals surface area (Å²) < 4.78 is 36.9. The van der Waals surface area contributed by atoms with E-state index in [9.17, 15) is 13.2 Å². The van der Waals surface area contributed by atoms with Crippen molar-refractivity contribution >= 4 is 11.8 Å². The minimum absolute atomic E-state index is 0.0365. The summed E-state index contributed by atoms with van der Waals surface area (Å²) in [4.78, 5) is 0. The number of halogens is 3. The molecule has 0 aliphatic carbocycles. The highest BCUT2D eigenvalue weighted by molar-refractivity contribution is 8.00. The predicted molar refractivity (Wildman–Crippen MR) is 48.9 cm³/mol. The van der Waals surface area contributed by atoms with Gasteiger partial charge >= 0.3 is 5.51 Å². The minimum Gasteiger partial charge on any atom is -0.390 e. The first kappa shape index (κ1) is 11.5. The third kappa shape index (κ3) is 3.63. The molecule has 0 saturated carbocycles. The molecule has 0 aliphatic rings. The molecule has 2 nitrogen and oxygen atoms in total. The van der Waals surface area contributed by atoms with Crippen molar-refractivity contribution in [2.75, 3.05) is 5.75 Å². The topological polar surface area (TPSA) is 25.2 Å². The standard InChI is InChI=1S/C8H10F3NOS/c9-8(10,11)14-5-4-12-3-1-2-7(12)6-13/h1-3,13H,4-6H2. The van der Waals surface area contributed by atoms with E-state index in [0.29, 0.717) is 5.69 Å². The first-order valence-corrected chi connectivity index (χ1v) is 4.97. The average Bonchev–Trinajstić information content (AvgIpc) is 2.49. The number of hydrogen-bond acceptors (Lipinski definition) is 2. The highest BCUT2D eigenvalue weighted by Gasteiger charge is 2.27. The molecule has 1 aromatic rings. The maximum absolute atomic E-state index is 11.8. The predicted octanol–water partition coefficient (Wildman–Crippen LogP) is 2.23. The maximum Gasteiger partial charge on any atom is 0.441 e. The SMILES string of the molecule is OCc1cccn1CCSC(F)(F)F. The quantitative estimate of drug-likeness (QED) is 0.850. The molecule has 0 spiro atoms. The second-order valence-corrected chi connectivity index (χ2v) is 3.81. The monoisotopic (exact) mass is 225 g/mol. The zero-order chi connectivity index (χ0) is 10.6. The van der Waals surface area contributed by atoms with E-state index in [4.69, 9.17) is 5.11 Å². The van der Waals surface area contributed by atoms with Crippen molar-refractivity contribution in [3.8, 4) is 0 Å². The molecule has 0 atom stereocenters. The Hall–Kier alpha value is -0.620. The van der Waals surface area contributed by atoms with E-state index in [-0.39, 0.29) is 30.7 Å². The van der Waals surface area contributed by atoms with Crippen molar-refractivity contribution in [1.29, 1.82) is 0 Å². The largest absolute Gasteiger partial charge is 0.441 e. The number of nitrogens with zero attached hydrogens (tertiary/aromatic N) is 1. The Balaban J connectivity index is 2.38. The lowest BCUT2D eigenvalue weighted by atomic mass is 10.4. The fourth-order valence-corrected chi connectivity index (χ4v) is 1.59. The van der Waals surface area contributed by atoms with Crippen LogP contribution in [0.1, 0.15) is 5.69 Å². The lowest BCUT2D eigenvalue weighted by molar-refractivity contribution is -0.0328. The number of rotatable bonds is 4. The van der Waals surface area contributed by atoms with Crippen molar-refractivity contribution in [1.82, 2.24) is 4.57 Å². The number of alkyl halides is 3. The van der Waals surface area contributed by atoms with Crippen LogP contribution in [-0.4, -0.2) is 20.9 Å². The second kappa shape index (κ2) is 4.75. The molecule has 80 valence electrons. The lowest BCUT2D eigenvalue weighted by Crippen LogP contribution is -2.08. The van der Waals surface area contributed by atoms with Crippen LogP contribution in [0.15, 0.2) is 18.3 Å². The van der Waals surface area contributed by atoms with Gasteiger partial charge in [-0.2, -0.15) is 13.2 Å². The Bertz CT molecular complexity index is 284. The number of thioether (sulfide) groups is 1. The van der Waals surface area contributed by atoms with E-state index in [2.05, 4.69) is 0 Å². The molecule has 0 aliphatic heterocycles. The Morgan fingerprint density at radius 3 is 2.71 bits per heavy atom. The average molecular weight is 225 g/mol. The van der Waals surface area contributed by atoms with Crippen LogP contribution in [0.4, 0.5) is 13.2 Å². The van der Waals surface area contributed by atoms with E-state index in [1.54, 1.807) is 22.9 Å². The van der Waals surface area contributed by atoms with Gasteiger partial charge in [-0.1, -0.05) is 0 Å². The van der Waals surface area contributed by atoms with Gasteiger partial charge in [0.2, 0.25) is 0 Å². The zero-order valence-electron chi connectivity index (χ0n) is 7.29. The van der Waals surface area contributed by atoms with Gasteiger partial charge < -0.3 is 9.67 Å². The van der Waals surface area contributed by atoms with Gasteiger partial charge in [-0.15, -0.1) is 0 Å². The summed E-state index contributed by atoms with van der Waals surface area (Å²) in [5.74, 6) is -0.0365. The molecule has 1 aromatic heterocycles. The normalized spacial score (nSPS) is 12.0. The van der Waals surface area contributed by atoms with Gasteiger partial charge in [0.05, 0.1) is 6.61 Å². The molecule has 0 radical (unpaired) electrons. The molecule has 0 unspecified atom stereocenters. The van der Waals surface area contributed by atoms with Crippen LogP contribution in [-0.2, 0) is 13.2 Å². The van der Waals surface area contributed by atoms with Gasteiger partial charge in [0, 0.05) is 24.2 Å². The van der Waals surface area contributed by atoms with Gasteiger partial charge in [0.1, 0.15) is 0 Å². The van der Waals surface area contributed by atoms with Crippen LogP contribution in [0.2, 0.25) is 0 Å². The van der Waals surface area contributed by atoms with Gasteiger partial charge in [-0.05, 0) is 23.9 Å². The van der Waals surface area contributed by atoms with Crippen molar-refractivity contribution in [3.63, 3.8) is 0 Å². The summed E-state index contributed by atoms with van der Waals surface area (Å²) in [6.45, 7) is 0.108. The zero-order valence-corrected chi connectivity index (χ0v) is 8.11. The summed E-state index contributed by atoms with van der Waals surface area (Å²) in [5, 5.41) is 8.82. The number of aliphatic hydroxyl groups excluding tert-OH is 1. The summed E-state index contributed by atoms with van der Waals surface area (Å²) in [6.07, 6.45) is 1.66. The number of hydrogen-bond donors (Lipinski definition) is 1. The maximum atomic E-state index is 11.8. The van der Waals surface area contributed by atoms with Gasteiger partial charge in [0.25, 0.3) is 0 Å².